The van der Waals surface area contributed by atoms with Gasteiger partial charge in [-0.15, -0.1) is 11.3 Å². The van der Waals surface area contributed by atoms with Gasteiger partial charge in [0.15, 0.2) is 10.8 Å². The Hall–Kier alpha value is -1.47. The van der Waals surface area contributed by atoms with E-state index in [9.17, 15) is 9.18 Å². The van der Waals surface area contributed by atoms with Crippen molar-refractivity contribution in [2.75, 3.05) is 11.9 Å². The van der Waals surface area contributed by atoms with Crippen molar-refractivity contribution < 1.29 is 13.9 Å². The molecule has 0 aliphatic carbocycles. The molecular weight excluding hydrogens is 347 g/mol. The predicted molar refractivity (Wildman–Crippen MR) is 80.2 cm³/mol. The molecule has 0 saturated carbocycles. The third-order valence-corrected chi connectivity index (χ3v) is 4.01. The third kappa shape index (κ3) is 3.34. The van der Waals surface area contributed by atoms with Crippen molar-refractivity contribution in [2.45, 2.75) is 13.8 Å². The summed E-state index contributed by atoms with van der Waals surface area (Å²) in [6.45, 7) is 3.83. The minimum atomic E-state index is -0.451. The molecule has 0 bridgehead atoms. The van der Waals surface area contributed by atoms with Gasteiger partial charge in [-0.05, 0) is 48.0 Å². The van der Waals surface area contributed by atoms with Gasteiger partial charge < -0.3 is 10.1 Å². The van der Waals surface area contributed by atoms with Crippen LogP contribution in [0.3, 0.4) is 0 Å². The lowest BCUT2D eigenvalue weighted by Crippen LogP contribution is -2.06. The lowest BCUT2D eigenvalue weighted by molar-refractivity contribution is 0.0519. The van der Waals surface area contributed by atoms with Gasteiger partial charge in [0, 0.05) is 9.35 Å². The van der Waals surface area contributed by atoms with Crippen LogP contribution in [0.1, 0.15) is 22.3 Å². The van der Waals surface area contributed by atoms with Crippen molar-refractivity contribution >= 4 is 44.1 Å². The fraction of sp³-hybridized carbons (Fsp3) is 0.231. The van der Waals surface area contributed by atoms with E-state index in [-0.39, 0.29) is 11.5 Å². The number of rotatable bonds is 4. The van der Waals surface area contributed by atoms with Gasteiger partial charge >= 0.3 is 5.97 Å². The number of hydrogen-bond donors (Lipinski definition) is 1. The summed E-state index contributed by atoms with van der Waals surface area (Å²) in [5.41, 5.74) is 0.834. The van der Waals surface area contributed by atoms with Crippen LogP contribution in [-0.2, 0) is 4.74 Å². The highest BCUT2D eigenvalue weighted by molar-refractivity contribution is 9.10. The molecule has 1 aromatic heterocycles. The highest BCUT2D eigenvalue weighted by Crippen LogP contribution is 2.30. The summed E-state index contributed by atoms with van der Waals surface area (Å²) < 4.78 is 18.8. The van der Waals surface area contributed by atoms with Gasteiger partial charge in [-0.25, -0.2) is 14.2 Å². The summed E-state index contributed by atoms with van der Waals surface area (Å²) in [5.74, 6) is -0.804. The number of halogens is 2. The molecule has 0 unspecified atom stereocenters. The maximum atomic E-state index is 13.2. The molecular formula is C13H12BrFN2O2S. The largest absolute Gasteiger partial charge is 0.461 e. The Morgan fingerprint density at radius 2 is 2.30 bits per heavy atom. The number of hydrogen-bond acceptors (Lipinski definition) is 5. The van der Waals surface area contributed by atoms with Crippen LogP contribution in [0.4, 0.5) is 15.2 Å². The Bertz CT molecular complexity index is 645. The van der Waals surface area contributed by atoms with Crippen LogP contribution < -0.4 is 5.32 Å². The minimum Gasteiger partial charge on any atom is -0.461 e. The monoisotopic (exact) mass is 358 g/mol. The van der Waals surface area contributed by atoms with Gasteiger partial charge in [0.05, 0.1) is 12.3 Å². The molecule has 0 amide bonds. The molecule has 20 heavy (non-hydrogen) atoms. The minimum absolute atomic E-state index is 0.284. The van der Waals surface area contributed by atoms with Crippen molar-refractivity contribution in [3.63, 3.8) is 0 Å². The average molecular weight is 359 g/mol. The van der Waals surface area contributed by atoms with E-state index in [4.69, 9.17) is 4.74 Å². The number of anilines is 2. The number of ether oxygens (including phenoxy) is 1. The van der Waals surface area contributed by atoms with E-state index in [1.807, 2.05) is 0 Å². The molecule has 2 aromatic rings. The molecule has 1 heterocycles. The van der Waals surface area contributed by atoms with E-state index in [2.05, 4.69) is 26.2 Å². The molecule has 7 heteroatoms. The van der Waals surface area contributed by atoms with Crippen LogP contribution in [0.25, 0.3) is 0 Å². The predicted octanol–water partition coefficient (Wildman–Crippen LogP) is 4.27. The normalized spacial score (nSPS) is 10.4. The van der Waals surface area contributed by atoms with E-state index in [0.29, 0.717) is 21.9 Å². The molecule has 0 atom stereocenters. The smallest absolute Gasteiger partial charge is 0.358 e. The van der Waals surface area contributed by atoms with Gasteiger partial charge in [0.2, 0.25) is 0 Å². The van der Waals surface area contributed by atoms with Crippen molar-refractivity contribution in [1.29, 1.82) is 0 Å². The molecule has 1 aromatic carbocycles. The maximum absolute atomic E-state index is 13.2. The van der Waals surface area contributed by atoms with E-state index in [1.165, 1.54) is 23.5 Å². The van der Waals surface area contributed by atoms with Gasteiger partial charge in [0.1, 0.15) is 5.82 Å². The molecule has 106 valence electrons. The molecule has 0 saturated heterocycles. The van der Waals surface area contributed by atoms with Crippen LogP contribution in [0.2, 0.25) is 0 Å². The Morgan fingerprint density at radius 3 is 3.00 bits per heavy atom. The van der Waals surface area contributed by atoms with Crippen LogP contribution in [0, 0.1) is 12.7 Å². The Labute approximate surface area is 128 Å². The zero-order valence-corrected chi connectivity index (χ0v) is 13.3. The fourth-order valence-electron chi connectivity index (χ4n) is 1.55. The first-order valence-electron chi connectivity index (χ1n) is 5.88. The van der Waals surface area contributed by atoms with Crippen molar-refractivity contribution in [3.05, 3.63) is 39.1 Å². The summed E-state index contributed by atoms with van der Waals surface area (Å²) in [6.07, 6.45) is 0. The number of benzene rings is 1. The Balaban J connectivity index is 2.24. The van der Waals surface area contributed by atoms with Crippen molar-refractivity contribution in [3.8, 4) is 0 Å². The van der Waals surface area contributed by atoms with E-state index >= 15 is 0 Å². The number of carbonyl (C=O) groups is 1. The highest BCUT2D eigenvalue weighted by Gasteiger charge is 2.17. The van der Waals surface area contributed by atoms with Crippen LogP contribution in [0.15, 0.2) is 22.7 Å². The zero-order chi connectivity index (χ0) is 14.7. The number of aryl methyl sites for hydroxylation is 1. The standard InChI is InChI=1S/C13H12BrFN2O2S/c1-3-19-12(18)11-7(2)20-13(17-11)16-10-6-8(15)4-5-9(10)14/h4-6H,3H2,1-2H3,(H,16,17). The topological polar surface area (TPSA) is 51.2 Å². The lowest BCUT2D eigenvalue weighted by Gasteiger charge is -2.05. The first kappa shape index (κ1) is 14.9. The number of carbonyl (C=O) groups excluding carboxylic acids is 1. The molecule has 0 spiro atoms. The van der Waals surface area contributed by atoms with Crippen molar-refractivity contribution in [1.82, 2.24) is 4.98 Å². The molecule has 0 fully saturated rings. The van der Waals surface area contributed by atoms with Gasteiger partial charge in [-0.1, -0.05) is 0 Å². The first-order valence-corrected chi connectivity index (χ1v) is 7.48. The number of nitrogens with one attached hydrogen (secondary N) is 1. The summed E-state index contributed by atoms with van der Waals surface area (Å²) in [4.78, 5) is 16.6. The first-order chi connectivity index (χ1) is 9.51. The number of nitrogens with zero attached hydrogens (tertiary/aromatic N) is 1. The fourth-order valence-corrected chi connectivity index (χ4v) is 2.71. The third-order valence-electron chi connectivity index (χ3n) is 2.44. The lowest BCUT2D eigenvalue weighted by atomic mass is 10.3. The average Bonchev–Trinajstić information content (AvgIpc) is 2.75. The van der Waals surface area contributed by atoms with Gasteiger partial charge in [-0.3, -0.25) is 0 Å². The summed E-state index contributed by atoms with van der Waals surface area (Å²) in [5, 5.41) is 3.49. The molecule has 4 nitrogen and oxygen atoms in total. The second-order valence-corrected chi connectivity index (χ2v) is 5.95. The highest BCUT2D eigenvalue weighted by atomic mass is 79.9. The quantitative estimate of drug-likeness (QED) is 0.829. The Morgan fingerprint density at radius 1 is 1.55 bits per heavy atom. The molecule has 1 N–H and O–H groups in total. The van der Waals surface area contributed by atoms with Gasteiger partial charge in [-0.2, -0.15) is 0 Å². The number of esters is 1. The van der Waals surface area contributed by atoms with Gasteiger partial charge in [0.25, 0.3) is 0 Å². The van der Waals surface area contributed by atoms with Crippen molar-refractivity contribution in [2.24, 2.45) is 0 Å². The molecule has 2 rings (SSSR count). The summed E-state index contributed by atoms with van der Waals surface area (Å²) in [6, 6.07) is 4.31. The number of thiazole rings is 1. The second-order valence-electron chi connectivity index (χ2n) is 3.89. The molecule has 0 radical (unpaired) electrons. The van der Waals surface area contributed by atoms with E-state index in [0.717, 1.165) is 4.88 Å². The maximum Gasteiger partial charge on any atom is 0.358 e. The van der Waals surface area contributed by atoms with Crippen LogP contribution in [0.5, 0.6) is 0 Å². The molecule has 0 aliphatic heterocycles. The SMILES string of the molecule is CCOC(=O)c1nc(Nc2cc(F)ccc2Br)sc1C. The number of aromatic nitrogens is 1. The summed E-state index contributed by atoms with van der Waals surface area (Å²) in [7, 11) is 0. The van der Waals surface area contributed by atoms with E-state index < -0.39 is 5.97 Å². The van der Waals surface area contributed by atoms with E-state index in [1.54, 1.807) is 19.9 Å². The Kier molecular flexibility index (Phi) is 4.72. The zero-order valence-electron chi connectivity index (χ0n) is 10.9. The molecule has 0 aliphatic rings. The second kappa shape index (κ2) is 6.32. The summed E-state index contributed by atoms with van der Waals surface area (Å²) >= 11 is 4.63. The van der Waals surface area contributed by atoms with Crippen LogP contribution in [-0.4, -0.2) is 17.6 Å². The van der Waals surface area contributed by atoms with Crippen LogP contribution >= 0.6 is 27.3 Å².